The summed E-state index contributed by atoms with van der Waals surface area (Å²) in [5, 5.41) is 2.85. The molecule has 0 aliphatic rings. The van der Waals surface area contributed by atoms with Gasteiger partial charge in [-0.2, -0.15) is 0 Å². The molecule has 2 rings (SSSR count). The first kappa shape index (κ1) is 12.9. The largest absolute Gasteiger partial charge is 0.321 e. The van der Waals surface area contributed by atoms with E-state index in [1.165, 1.54) is 0 Å². The van der Waals surface area contributed by atoms with Crippen LogP contribution in [-0.2, 0) is 0 Å². The van der Waals surface area contributed by atoms with E-state index in [4.69, 9.17) is 5.73 Å². The standard InChI is InChI=1S/C16H14N2O/c17-12-6-10-13-7-4-5-11-15(13)18-16(19)14-8-2-1-3-9-14/h1-5,7-9,11H,12,17H2,(H,18,19). The van der Waals surface area contributed by atoms with Crippen molar-refractivity contribution in [1.82, 2.24) is 0 Å². The van der Waals surface area contributed by atoms with E-state index in [0.717, 1.165) is 5.56 Å². The smallest absolute Gasteiger partial charge is 0.255 e. The number of nitrogens with two attached hydrogens (primary N) is 1. The van der Waals surface area contributed by atoms with E-state index in [1.807, 2.05) is 42.5 Å². The maximum absolute atomic E-state index is 12.1. The summed E-state index contributed by atoms with van der Waals surface area (Å²) in [6, 6.07) is 16.5. The first-order valence-electron chi connectivity index (χ1n) is 5.95. The summed E-state index contributed by atoms with van der Waals surface area (Å²) >= 11 is 0. The number of carbonyl (C=O) groups excluding carboxylic acids is 1. The van der Waals surface area contributed by atoms with Crippen LogP contribution in [0.15, 0.2) is 54.6 Å². The Morgan fingerprint density at radius 2 is 1.74 bits per heavy atom. The molecular weight excluding hydrogens is 236 g/mol. The molecule has 1 amide bonds. The van der Waals surface area contributed by atoms with Gasteiger partial charge in [0.15, 0.2) is 0 Å². The first-order chi connectivity index (χ1) is 9.31. The summed E-state index contributed by atoms with van der Waals surface area (Å²) in [5.41, 5.74) is 7.43. The van der Waals surface area contributed by atoms with Crippen LogP contribution in [0.5, 0.6) is 0 Å². The first-order valence-corrected chi connectivity index (χ1v) is 5.95. The molecule has 3 heteroatoms. The van der Waals surface area contributed by atoms with Crippen molar-refractivity contribution in [2.45, 2.75) is 0 Å². The van der Waals surface area contributed by atoms with Gasteiger partial charge in [-0.3, -0.25) is 4.79 Å². The van der Waals surface area contributed by atoms with E-state index in [2.05, 4.69) is 17.2 Å². The van der Waals surface area contributed by atoms with E-state index in [9.17, 15) is 4.79 Å². The number of para-hydroxylation sites is 1. The number of hydrogen-bond acceptors (Lipinski definition) is 2. The second kappa shape index (κ2) is 6.39. The maximum atomic E-state index is 12.1. The highest BCUT2D eigenvalue weighted by atomic mass is 16.1. The van der Waals surface area contributed by atoms with Crippen LogP contribution < -0.4 is 11.1 Å². The fourth-order valence-electron chi connectivity index (χ4n) is 1.63. The molecule has 0 aliphatic carbocycles. The maximum Gasteiger partial charge on any atom is 0.255 e. The second-order valence-electron chi connectivity index (χ2n) is 3.87. The normalized spacial score (nSPS) is 9.32. The quantitative estimate of drug-likeness (QED) is 0.803. The van der Waals surface area contributed by atoms with Gasteiger partial charge in [0.05, 0.1) is 12.2 Å². The van der Waals surface area contributed by atoms with Gasteiger partial charge >= 0.3 is 0 Å². The summed E-state index contributed by atoms with van der Waals surface area (Å²) in [6.07, 6.45) is 0. The Bertz CT molecular complexity index is 624. The number of carbonyl (C=O) groups is 1. The highest BCUT2D eigenvalue weighted by Crippen LogP contribution is 2.15. The van der Waals surface area contributed by atoms with Gasteiger partial charge < -0.3 is 11.1 Å². The summed E-state index contributed by atoms with van der Waals surface area (Å²) in [6.45, 7) is 0.293. The third-order valence-electron chi connectivity index (χ3n) is 2.54. The number of amides is 1. The third-order valence-corrected chi connectivity index (χ3v) is 2.54. The van der Waals surface area contributed by atoms with Crippen molar-refractivity contribution in [1.29, 1.82) is 0 Å². The fraction of sp³-hybridized carbons (Fsp3) is 0.0625. The molecule has 3 nitrogen and oxygen atoms in total. The Hall–Kier alpha value is -2.57. The van der Waals surface area contributed by atoms with Gasteiger partial charge in [-0.1, -0.05) is 42.2 Å². The fourth-order valence-corrected chi connectivity index (χ4v) is 1.63. The van der Waals surface area contributed by atoms with E-state index < -0.39 is 0 Å². The van der Waals surface area contributed by atoms with Crippen molar-refractivity contribution in [3.05, 3.63) is 65.7 Å². The number of anilines is 1. The lowest BCUT2D eigenvalue weighted by Crippen LogP contribution is -2.12. The number of rotatable bonds is 2. The molecule has 0 bridgehead atoms. The lowest BCUT2D eigenvalue weighted by atomic mass is 10.1. The third kappa shape index (κ3) is 3.44. The van der Waals surface area contributed by atoms with Crippen LogP contribution in [0.3, 0.4) is 0 Å². The van der Waals surface area contributed by atoms with Crippen LogP contribution in [0, 0.1) is 11.8 Å². The van der Waals surface area contributed by atoms with Crippen molar-refractivity contribution < 1.29 is 4.79 Å². The molecule has 0 radical (unpaired) electrons. The van der Waals surface area contributed by atoms with Gasteiger partial charge in [0.1, 0.15) is 0 Å². The molecule has 0 fully saturated rings. The predicted octanol–water partition coefficient (Wildman–Crippen LogP) is 2.25. The molecule has 94 valence electrons. The molecule has 0 heterocycles. The average Bonchev–Trinajstić information content (AvgIpc) is 2.47. The minimum absolute atomic E-state index is 0.150. The molecule has 0 atom stereocenters. The van der Waals surface area contributed by atoms with E-state index in [0.29, 0.717) is 17.8 Å². The SMILES string of the molecule is NCC#Cc1ccccc1NC(=O)c1ccccc1. The van der Waals surface area contributed by atoms with Gasteiger partial charge in [0.25, 0.3) is 5.91 Å². The highest BCUT2D eigenvalue weighted by Gasteiger charge is 2.06. The molecule has 0 spiro atoms. The monoisotopic (exact) mass is 250 g/mol. The van der Waals surface area contributed by atoms with Crippen LogP contribution in [0.1, 0.15) is 15.9 Å². The van der Waals surface area contributed by atoms with Crippen molar-refractivity contribution in [3.63, 3.8) is 0 Å². The summed E-state index contributed by atoms with van der Waals surface area (Å²) in [5.74, 6) is 5.57. The Balaban J connectivity index is 2.22. The van der Waals surface area contributed by atoms with Crippen LogP contribution in [0.4, 0.5) is 5.69 Å². The van der Waals surface area contributed by atoms with Gasteiger partial charge in [-0.25, -0.2) is 0 Å². The number of benzene rings is 2. The van der Waals surface area contributed by atoms with Gasteiger partial charge in [0, 0.05) is 11.1 Å². The van der Waals surface area contributed by atoms with Crippen molar-refractivity contribution >= 4 is 11.6 Å². The molecule has 2 aromatic carbocycles. The molecule has 2 aromatic rings. The topological polar surface area (TPSA) is 55.1 Å². The zero-order valence-corrected chi connectivity index (χ0v) is 10.4. The zero-order valence-electron chi connectivity index (χ0n) is 10.4. The van der Waals surface area contributed by atoms with Crippen LogP contribution in [-0.4, -0.2) is 12.5 Å². The summed E-state index contributed by atoms with van der Waals surface area (Å²) < 4.78 is 0. The van der Waals surface area contributed by atoms with Gasteiger partial charge in [-0.05, 0) is 24.3 Å². The Labute approximate surface area is 112 Å². The van der Waals surface area contributed by atoms with Crippen LogP contribution in [0.2, 0.25) is 0 Å². The predicted molar refractivity (Wildman–Crippen MR) is 76.8 cm³/mol. The van der Waals surface area contributed by atoms with Gasteiger partial charge in [-0.15, -0.1) is 0 Å². The molecule has 0 aliphatic heterocycles. The van der Waals surface area contributed by atoms with Crippen LogP contribution >= 0.6 is 0 Å². The minimum Gasteiger partial charge on any atom is -0.321 e. The Kier molecular flexibility index (Phi) is 4.33. The van der Waals surface area contributed by atoms with E-state index in [-0.39, 0.29) is 5.91 Å². The zero-order chi connectivity index (χ0) is 13.5. The molecular formula is C16H14N2O. The van der Waals surface area contributed by atoms with Crippen LogP contribution in [0.25, 0.3) is 0 Å². The van der Waals surface area contributed by atoms with Crippen molar-refractivity contribution in [2.24, 2.45) is 5.73 Å². The molecule has 19 heavy (non-hydrogen) atoms. The molecule has 0 aromatic heterocycles. The second-order valence-corrected chi connectivity index (χ2v) is 3.87. The Morgan fingerprint density at radius 3 is 2.47 bits per heavy atom. The van der Waals surface area contributed by atoms with Crippen molar-refractivity contribution in [2.75, 3.05) is 11.9 Å². The molecule has 3 N–H and O–H groups in total. The van der Waals surface area contributed by atoms with Gasteiger partial charge in [0.2, 0.25) is 0 Å². The molecule has 0 unspecified atom stereocenters. The molecule has 0 saturated carbocycles. The lowest BCUT2D eigenvalue weighted by Gasteiger charge is -2.07. The average molecular weight is 250 g/mol. The van der Waals surface area contributed by atoms with E-state index in [1.54, 1.807) is 12.1 Å². The van der Waals surface area contributed by atoms with E-state index >= 15 is 0 Å². The minimum atomic E-state index is -0.150. The summed E-state index contributed by atoms with van der Waals surface area (Å²) in [4.78, 5) is 12.1. The lowest BCUT2D eigenvalue weighted by molar-refractivity contribution is 0.102. The number of hydrogen-bond donors (Lipinski definition) is 2. The summed E-state index contributed by atoms with van der Waals surface area (Å²) in [7, 11) is 0. The van der Waals surface area contributed by atoms with Crippen molar-refractivity contribution in [3.8, 4) is 11.8 Å². The Morgan fingerprint density at radius 1 is 1.05 bits per heavy atom. The highest BCUT2D eigenvalue weighted by molar-refractivity contribution is 6.04. The number of nitrogens with one attached hydrogen (secondary N) is 1. The molecule has 0 saturated heterocycles.